The number of halogens is 3. The van der Waals surface area contributed by atoms with Gasteiger partial charge in [0.05, 0.1) is 5.56 Å². The minimum Gasteiger partial charge on any atom is -0.360 e. The van der Waals surface area contributed by atoms with Crippen LogP contribution in [0.15, 0.2) is 47.1 Å². The molecule has 3 aromatic rings. The lowest BCUT2D eigenvalue weighted by molar-refractivity contribution is -0.137. The van der Waals surface area contributed by atoms with Crippen LogP contribution in [-0.2, 0) is 6.18 Å². The number of hydrogen-bond donors (Lipinski definition) is 2. The minimum atomic E-state index is -4.44. The van der Waals surface area contributed by atoms with E-state index in [2.05, 4.69) is 25.8 Å². The molecule has 0 atom stereocenters. The van der Waals surface area contributed by atoms with E-state index in [1.807, 2.05) is 0 Å². The number of carbonyl (C=O) groups is 1. The average molecular weight is 363 g/mol. The fraction of sp³-hybridized carbons (Fsp3) is 0.125. The third-order valence-corrected chi connectivity index (χ3v) is 3.23. The number of rotatable bonds is 4. The van der Waals surface area contributed by atoms with Crippen LogP contribution < -0.4 is 10.6 Å². The SMILES string of the molecule is Cc1cc(Nc2nccc(C(=O)Nc3ccc(C(F)(F)F)cc3)n2)no1. The van der Waals surface area contributed by atoms with Gasteiger partial charge >= 0.3 is 6.18 Å². The quantitative estimate of drug-likeness (QED) is 0.733. The van der Waals surface area contributed by atoms with Crippen LogP contribution in [0, 0.1) is 6.92 Å². The van der Waals surface area contributed by atoms with Crippen molar-refractivity contribution in [3.63, 3.8) is 0 Å². The summed E-state index contributed by atoms with van der Waals surface area (Å²) in [4.78, 5) is 20.2. The van der Waals surface area contributed by atoms with Gasteiger partial charge in [0.1, 0.15) is 11.5 Å². The molecule has 2 aromatic heterocycles. The van der Waals surface area contributed by atoms with Crippen molar-refractivity contribution in [1.29, 1.82) is 0 Å². The van der Waals surface area contributed by atoms with Gasteiger partial charge in [0.15, 0.2) is 5.82 Å². The van der Waals surface area contributed by atoms with Crippen LogP contribution in [0.1, 0.15) is 21.8 Å². The molecular weight excluding hydrogens is 351 g/mol. The van der Waals surface area contributed by atoms with E-state index in [-0.39, 0.29) is 17.3 Å². The Morgan fingerprint density at radius 1 is 1.15 bits per heavy atom. The monoisotopic (exact) mass is 363 g/mol. The summed E-state index contributed by atoms with van der Waals surface area (Å²) in [6.45, 7) is 1.72. The summed E-state index contributed by atoms with van der Waals surface area (Å²) in [5.41, 5.74) is -0.558. The van der Waals surface area contributed by atoms with Gasteiger partial charge in [-0.2, -0.15) is 13.2 Å². The summed E-state index contributed by atoms with van der Waals surface area (Å²) in [5.74, 6) is 0.497. The molecular formula is C16H12F3N5O2. The van der Waals surface area contributed by atoms with Gasteiger partial charge in [0.25, 0.3) is 5.91 Å². The second-order valence-corrected chi connectivity index (χ2v) is 5.24. The highest BCUT2D eigenvalue weighted by Crippen LogP contribution is 2.29. The molecule has 26 heavy (non-hydrogen) atoms. The Balaban J connectivity index is 1.70. The topological polar surface area (TPSA) is 92.9 Å². The number of benzene rings is 1. The number of alkyl halides is 3. The molecule has 0 aliphatic rings. The smallest absolute Gasteiger partial charge is 0.360 e. The number of carbonyl (C=O) groups excluding carboxylic acids is 1. The lowest BCUT2D eigenvalue weighted by Gasteiger charge is -2.09. The molecule has 134 valence electrons. The van der Waals surface area contributed by atoms with E-state index in [4.69, 9.17) is 4.52 Å². The zero-order valence-electron chi connectivity index (χ0n) is 13.3. The van der Waals surface area contributed by atoms with Crippen molar-refractivity contribution in [1.82, 2.24) is 15.1 Å². The van der Waals surface area contributed by atoms with Crippen molar-refractivity contribution in [2.24, 2.45) is 0 Å². The van der Waals surface area contributed by atoms with Gasteiger partial charge < -0.3 is 15.2 Å². The number of aryl methyl sites for hydroxylation is 1. The summed E-state index contributed by atoms with van der Waals surface area (Å²) in [6.07, 6.45) is -3.07. The van der Waals surface area contributed by atoms with E-state index in [1.54, 1.807) is 13.0 Å². The maximum absolute atomic E-state index is 12.5. The van der Waals surface area contributed by atoms with Gasteiger partial charge in [-0.15, -0.1) is 0 Å². The van der Waals surface area contributed by atoms with E-state index in [0.717, 1.165) is 12.1 Å². The summed E-state index contributed by atoms with van der Waals surface area (Å²) >= 11 is 0. The molecule has 0 saturated heterocycles. The predicted molar refractivity (Wildman–Crippen MR) is 86.0 cm³/mol. The fourth-order valence-corrected chi connectivity index (χ4v) is 2.02. The van der Waals surface area contributed by atoms with Gasteiger partial charge in [-0.1, -0.05) is 5.16 Å². The maximum Gasteiger partial charge on any atom is 0.416 e. The number of aromatic nitrogens is 3. The van der Waals surface area contributed by atoms with Gasteiger partial charge in [-0.25, -0.2) is 9.97 Å². The molecule has 0 aliphatic carbocycles. The first kappa shape index (κ1) is 17.4. The Morgan fingerprint density at radius 3 is 2.50 bits per heavy atom. The summed E-state index contributed by atoms with van der Waals surface area (Å²) in [7, 11) is 0. The molecule has 2 heterocycles. The summed E-state index contributed by atoms with van der Waals surface area (Å²) in [5, 5.41) is 8.97. The number of hydrogen-bond acceptors (Lipinski definition) is 6. The highest BCUT2D eigenvalue weighted by Gasteiger charge is 2.30. The van der Waals surface area contributed by atoms with Crippen molar-refractivity contribution < 1.29 is 22.5 Å². The van der Waals surface area contributed by atoms with Crippen LogP contribution >= 0.6 is 0 Å². The lowest BCUT2D eigenvalue weighted by atomic mass is 10.2. The lowest BCUT2D eigenvalue weighted by Crippen LogP contribution is -2.15. The van der Waals surface area contributed by atoms with Crippen molar-refractivity contribution in [3.05, 3.63) is 59.6 Å². The predicted octanol–water partition coefficient (Wildman–Crippen LogP) is 3.79. The van der Waals surface area contributed by atoms with Gasteiger partial charge in [-0.3, -0.25) is 4.79 Å². The number of anilines is 3. The molecule has 1 aromatic carbocycles. The third-order valence-electron chi connectivity index (χ3n) is 3.23. The Kier molecular flexibility index (Phi) is 4.57. The number of amides is 1. The average Bonchev–Trinajstić information content (AvgIpc) is 2.99. The molecule has 0 spiro atoms. The molecule has 0 aliphatic heterocycles. The Labute approximate surface area is 145 Å². The first-order valence-corrected chi connectivity index (χ1v) is 7.33. The molecule has 0 radical (unpaired) electrons. The Morgan fingerprint density at radius 2 is 1.88 bits per heavy atom. The molecule has 10 heteroatoms. The van der Waals surface area contributed by atoms with Crippen LogP contribution in [-0.4, -0.2) is 21.0 Å². The molecule has 1 amide bonds. The first-order valence-electron chi connectivity index (χ1n) is 7.33. The van der Waals surface area contributed by atoms with Crippen LogP contribution in [0.25, 0.3) is 0 Å². The summed E-state index contributed by atoms with van der Waals surface area (Å²) in [6, 6.07) is 7.10. The minimum absolute atomic E-state index is 0.0302. The van der Waals surface area contributed by atoms with Crippen LogP contribution in [0.3, 0.4) is 0 Å². The van der Waals surface area contributed by atoms with Crippen molar-refractivity contribution in [3.8, 4) is 0 Å². The highest BCUT2D eigenvalue weighted by atomic mass is 19.4. The summed E-state index contributed by atoms with van der Waals surface area (Å²) < 4.78 is 42.5. The maximum atomic E-state index is 12.5. The van der Waals surface area contributed by atoms with E-state index in [0.29, 0.717) is 11.6 Å². The van der Waals surface area contributed by atoms with E-state index < -0.39 is 17.6 Å². The molecule has 2 N–H and O–H groups in total. The van der Waals surface area contributed by atoms with Gasteiger partial charge in [-0.05, 0) is 37.3 Å². The zero-order chi connectivity index (χ0) is 18.7. The van der Waals surface area contributed by atoms with Crippen LogP contribution in [0.5, 0.6) is 0 Å². The zero-order valence-corrected chi connectivity index (χ0v) is 13.3. The second-order valence-electron chi connectivity index (χ2n) is 5.24. The van der Waals surface area contributed by atoms with Crippen molar-refractivity contribution in [2.45, 2.75) is 13.1 Å². The molecule has 7 nitrogen and oxygen atoms in total. The highest BCUT2D eigenvalue weighted by molar-refractivity contribution is 6.03. The van der Waals surface area contributed by atoms with E-state index >= 15 is 0 Å². The van der Waals surface area contributed by atoms with Crippen molar-refractivity contribution in [2.75, 3.05) is 10.6 Å². The van der Waals surface area contributed by atoms with Gasteiger partial charge in [0, 0.05) is 18.0 Å². The van der Waals surface area contributed by atoms with Crippen molar-refractivity contribution >= 4 is 23.4 Å². The van der Waals surface area contributed by atoms with Crippen LogP contribution in [0.2, 0.25) is 0 Å². The van der Waals surface area contributed by atoms with E-state index in [1.165, 1.54) is 24.4 Å². The normalized spacial score (nSPS) is 11.2. The molecule has 0 saturated carbocycles. The molecule has 0 bridgehead atoms. The number of nitrogens with zero attached hydrogens (tertiary/aromatic N) is 3. The van der Waals surface area contributed by atoms with Gasteiger partial charge in [0.2, 0.25) is 5.95 Å². The second kappa shape index (κ2) is 6.82. The number of nitrogens with one attached hydrogen (secondary N) is 2. The Bertz CT molecular complexity index is 922. The van der Waals surface area contributed by atoms with Crippen LogP contribution in [0.4, 0.5) is 30.6 Å². The van der Waals surface area contributed by atoms with E-state index in [9.17, 15) is 18.0 Å². The molecule has 3 rings (SSSR count). The fourth-order valence-electron chi connectivity index (χ4n) is 2.02. The standard InChI is InChI=1S/C16H12F3N5O2/c1-9-8-13(24-26-9)23-15-20-7-6-12(22-15)14(25)21-11-4-2-10(3-5-11)16(17,18)19/h2-8H,1H3,(H,21,25)(H,20,22,23,24). The Hall–Kier alpha value is -3.43. The first-order chi connectivity index (χ1) is 12.3. The molecule has 0 fully saturated rings. The molecule has 0 unspecified atom stereocenters. The largest absolute Gasteiger partial charge is 0.416 e. The third kappa shape index (κ3) is 4.15.